The van der Waals surface area contributed by atoms with Crippen LogP contribution in [0, 0.1) is 0 Å². The van der Waals surface area contributed by atoms with Crippen molar-refractivity contribution in [2.75, 3.05) is 0 Å². The molecule has 3 nitrogen and oxygen atoms in total. The minimum atomic E-state index is 0.871. The van der Waals surface area contributed by atoms with Crippen molar-refractivity contribution in [3.05, 3.63) is 152 Å². The van der Waals surface area contributed by atoms with Crippen LogP contribution < -0.4 is 0 Å². The summed E-state index contributed by atoms with van der Waals surface area (Å²) in [5.74, 6) is 0. The summed E-state index contributed by atoms with van der Waals surface area (Å²) in [6.45, 7) is 0. The lowest BCUT2D eigenvalue weighted by molar-refractivity contribution is 1.14. The van der Waals surface area contributed by atoms with E-state index in [2.05, 4.69) is 126 Å². The number of nitrogens with zero attached hydrogens (tertiary/aromatic N) is 3. The van der Waals surface area contributed by atoms with Gasteiger partial charge in [0.1, 0.15) is 5.52 Å². The fourth-order valence-electron chi connectivity index (χ4n) is 5.74. The molecule has 0 bridgehead atoms. The van der Waals surface area contributed by atoms with Gasteiger partial charge in [0.05, 0.1) is 16.6 Å². The molecule has 0 amide bonds. The average Bonchev–Trinajstić information content (AvgIpc) is 3.37. The van der Waals surface area contributed by atoms with E-state index in [0.29, 0.717) is 0 Å². The second-order valence-electron chi connectivity index (χ2n) is 10.3. The molecule has 0 fully saturated rings. The molecule has 0 N–H and O–H groups in total. The number of para-hydroxylation sites is 3. The van der Waals surface area contributed by atoms with Crippen LogP contribution >= 0.6 is 0 Å². The highest BCUT2D eigenvalue weighted by atomic mass is 15.1. The molecule has 0 aliphatic carbocycles. The molecule has 3 heteroatoms. The summed E-state index contributed by atoms with van der Waals surface area (Å²) in [5, 5.41) is 1.10. The molecular weight excluding hydrogens is 498 g/mol. The number of fused-ring (bicyclic) bond motifs is 4. The van der Waals surface area contributed by atoms with E-state index in [1.807, 2.05) is 30.3 Å². The van der Waals surface area contributed by atoms with Crippen molar-refractivity contribution in [1.82, 2.24) is 14.5 Å². The van der Waals surface area contributed by atoms with Gasteiger partial charge in [0.15, 0.2) is 5.65 Å². The van der Waals surface area contributed by atoms with Gasteiger partial charge >= 0.3 is 0 Å². The molecule has 2 heterocycles. The molecule has 0 spiro atoms. The first-order valence-electron chi connectivity index (χ1n) is 13.8. The number of hydrogen-bond donors (Lipinski definition) is 0. The maximum Gasteiger partial charge on any atom is 0.165 e. The van der Waals surface area contributed by atoms with Crippen LogP contribution in [0.25, 0.3) is 72.2 Å². The summed E-state index contributed by atoms with van der Waals surface area (Å²) >= 11 is 0. The Morgan fingerprint density at radius 1 is 0.390 bits per heavy atom. The van der Waals surface area contributed by atoms with Crippen molar-refractivity contribution < 1.29 is 0 Å². The molecule has 0 aliphatic heterocycles. The fourth-order valence-corrected chi connectivity index (χ4v) is 5.74. The van der Waals surface area contributed by atoms with Crippen molar-refractivity contribution >= 4 is 33.1 Å². The van der Waals surface area contributed by atoms with Gasteiger partial charge in [-0.2, -0.15) is 0 Å². The minimum Gasteiger partial charge on any atom is -0.293 e. The largest absolute Gasteiger partial charge is 0.293 e. The molecule has 6 aromatic carbocycles. The van der Waals surface area contributed by atoms with Crippen LogP contribution in [0.4, 0.5) is 0 Å². The maximum atomic E-state index is 5.09. The van der Waals surface area contributed by atoms with Crippen molar-refractivity contribution in [2.45, 2.75) is 0 Å². The average molecular weight is 524 g/mol. The Bertz CT molecular complexity index is 2180. The highest BCUT2D eigenvalue weighted by molar-refractivity contribution is 6.09. The zero-order valence-corrected chi connectivity index (χ0v) is 22.3. The summed E-state index contributed by atoms with van der Waals surface area (Å²) in [6.07, 6.45) is 0. The molecule has 0 aliphatic rings. The first kappa shape index (κ1) is 23.4. The number of hydrogen-bond acceptors (Lipinski definition) is 2. The lowest BCUT2D eigenvalue weighted by Crippen LogP contribution is -1.96. The summed E-state index contributed by atoms with van der Waals surface area (Å²) in [5.41, 5.74) is 12.9. The van der Waals surface area contributed by atoms with E-state index in [1.165, 1.54) is 27.8 Å². The highest BCUT2D eigenvalue weighted by Crippen LogP contribution is 2.35. The third kappa shape index (κ3) is 4.07. The van der Waals surface area contributed by atoms with Crippen LogP contribution in [0.15, 0.2) is 152 Å². The van der Waals surface area contributed by atoms with Crippen LogP contribution in [0.5, 0.6) is 0 Å². The van der Waals surface area contributed by atoms with Crippen LogP contribution in [-0.2, 0) is 0 Å². The van der Waals surface area contributed by atoms with Gasteiger partial charge in [0, 0.05) is 11.1 Å². The second-order valence-corrected chi connectivity index (χ2v) is 10.3. The zero-order valence-electron chi connectivity index (χ0n) is 22.3. The monoisotopic (exact) mass is 523 g/mol. The van der Waals surface area contributed by atoms with Gasteiger partial charge in [-0.25, -0.2) is 9.97 Å². The van der Waals surface area contributed by atoms with Gasteiger partial charge in [-0.15, -0.1) is 0 Å². The Morgan fingerprint density at radius 3 is 1.59 bits per heavy atom. The van der Waals surface area contributed by atoms with Crippen molar-refractivity contribution in [3.63, 3.8) is 0 Å². The summed E-state index contributed by atoms with van der Waals surface area (Å²) in [7, 11) is 0. The van der Waals surface area contributed by atoms with E-state index in [9.17, 15) is 0 Å². The Morgan fingerprint density at radius 2 is 0.902 bits per heavy atom. The summed E-state index contributed by atoms with van der Waals surface area (Å²) in [6, 6.07) is 53.2. The molecular formula is C38H25N3. The number of aromatic nitrogens is 3. The van der Waals surface area contributed by atoms with Gasteiger partial charge in [-0.1, -0.05) is 109 Å². The summed E-state index contributed by atoms with van der Waals surface area (Å²) in [4.78, 5) is 10.2. The zero-order chi connectivity index (χ0) is 27.2. The van der Waals surface area contributed by atoms with E-state index in [1.54, 1.807) is 0 Å². The maximum absolute atomic E-state index is 5.09. The van der Waals surface area contributed by atoms with Gasteiger partial charge in [0.2, 0.25) is 0 Å². The lowest BCUT2D eigenvalue weighted by Gasteiger charge is -2.09. The van der Waals surface area contributed by atoms with Gasteiger partial charge in [-0.3, -0.25) is 4.57 Å². The van der Waals surface area contributed by atoms with Crippen molar-refractivity contribution in [2.24, 2.45) is 0 Å². The van der Waals surface area contributed by atoms with E-state index >= 15 is 0 Å². The predicted octanol–water partition coefficient (Wildman–Crippen LogP) is 9.73. The Labute approximate surface area is 238 Å². The van der Waals surface area contributed by atoms with Crippen LogP contribution in [-0.4, -0.2) is 14.5 Å². The second kappa shape index (κ2) is 9.58. The SMILES string of the molecule is c1ccc(-c2cccc(-c3ccc(-c4ccc5c(c4)c4nc6ccccc6nc4n5-c4ccccc4)cc3)c2)cc1. The topological polar surface area (TPSA) is 30.7 Å². The molecule has 0 saturated heterocycles. The number of benzene rings is 6. The highest BCUT2D eigenvalue weighted by Gasteiger charge is 2.17. The smallest absolute Gasteiger partial charge is 0.165 e. The normalized spacial score (nSPS) is 11.4. The van der Waals surface area contributed by atoms with E-state index in [4.69, 9.17) is 9.97 Å². The van der Waals surface area contributed by atoms with E-state index < -0.39 is 0 Å². The molecule has 41 heavy (non-hydrogen) atoms. The van der Waals surface area contributed by atoms with E-state index in [0.717, 1.165) is 44.4 Å². The summed E-state index contributed by atoms with van der Waals surface area (Å²) < 4.78 is 2.22. The molecule has 0 saturated carbocycles. The first-order valence-corrected chi connectivity index (χ1v) is 13.8. The third-order valence-corrected chi connectivity index (χ3v) is 7.79. The van der Waals surface area contributed by atoms with Crippen molar-refractivity contribution in [1.29, 1.82) is 0 Å². The minimum absolute atomic E-state index is 0.871. The van der Waals surface area contributed by atoms with Crippen LogP contribution in [0.3, 0.4) is 0 Å². The first-order chi connectivity index (χ1) is 20.3. The predicted molar refractivity (Wildman–Crippen MR) is 170 cm³/mol. The van der Waals surface area contributed by atoms with Gasteiger partial charge in [0.25, 0.3) is 0 Å². The van der Waals surface area contributed by atoms with E-state index in [-0.39, 0.29) is 0 Å². The Hall–Kier alpha value is -5.54. The number of rotatable bonds is 4. The molecule has 0 unspecified atom stereocenters. The van der Waals surface area contributed by atoms with Crippen LogP contribution in [0.2, 0.25) is 0 Å². The molecule has 0 atom stereocenters. The quantitative estimate of drug-likeness (QED) is 0.230. The third-order valence-electron chi connectivity index (χ3n) is 7.79. The molecule has 8 aromatic rings. The lowest BCUT2D eigenvalue weighted by atomic mass is 9.97. The Kier molecular flexibility index (Phi) is 5.46. The molecule has 2 aromatic heterocycles. The van der Waals surface area contributed by atoms with Gasteiger partial charge in [-0.05, 0) is 75.8 Å². The molecule has 8 rings (SSSR count). The standard InChI is InChI=1S/C38H25N3/c1-3-10-26(11-4-1)29-12-9-13-30(24-29)27-18-20-28(21-19-27)31-22-23-36-33(25-31)37-38(41(36)32-14-5-2-6-15-32)40-35-17-8-7-16-34(35)39-37/h1-25H. The molecule has 0 radical (unpaired) electrons. The Balaban J connectivity index is 1.24. The van der Waals surface area contributed by atoms with Gasteiger partial charge < -0.3 is 0 Å². The van der Waals surface area contributed by atoms with Crippen molar-refractivity contribution in [3.8, 4) is 39.1 Å². The molecule has 192 valence electrons. The fraction of sp³-hybridized carbons (Fsp3) is 0. The van der Waals surface area contributed by atoms with Crippen LogP contribution in [0.1, 0.15) is 0 Å².